The van der Waals surface area contributed by atoms with Crippen LogP contribution < -0.4 is 5.56 Å². The van der Waals surface area contributed by atoms with E-state index in [0.717, 1.165) is 11.1 Å². The summed E-state index contributed by atoms with van der Waals surface area (Å²) in [7, 11) is 0. The Bertz CT molecular complexity index is 799. The SMILES string of the molecule is Cc1ccc(-c2c(-c3ccnc(C)n3)[nH][nH]c2=O)cc1. The summed E-state index contributed by atoms with van der Waals surface area (Å²) in [5.74, 6) is 0.666. The minimum absolute atomic E-state index is 0.153. The fourth-order valence-electron chi connectivity index (χ4n) is 2.14. The van der Waals surface area contributed by atoms with E-state index < -0.39 is 0 Å². The van der Waals surface area contributed by atoms with Crippen molar-refractivity contribution >= 4 is 0 Å². The minimum atomic E-state index is -0.153. The molecule has 20 heavy (non-hydrogen) atoms. The van der Waals surface area contributed by atoms with Crippen molar-refractivity contribution in [3.05, 3.63) is 58.3 Å². The van der Waals surface area contributed by atoms with Gasteiger partial charge in [0.05, 0.1) is 17.0 Å². The van der Waals surface area contributed by atoms with Crippen LogP contribution in [0.15, 0.2) is 41.3 Å². The maximum absolute atomic E-state index is 12.1. The maximum Gasteiger partial charge on any atom is 0.272 e. The van der Waals surface area contributed by atoms with Crippen LogP contribution in [0.1, 0.15) is 11.4 Å². The Morgan fingerprint density at radius 2 is 1.75 bits per heavy atom. The molecule has 100 valence electrons. The molecule has 2 N–H and O–H groups in total. The van der Waals surface area contributed by atoms with Crippen LogP contribution in [0.2, 0.25) is 0 Å². The Hall–Kier alpha value is -2.69. The second kappa shape index (κ2) is 4.77. The Morgan fingerprint density at radius 1 is 1.00 bits per heavy atom. The molecule has 5 heteroatoms. The third-order valence-electron chi connectivity index (χ3n) is 3.15. The number of hydrogen-bond acceptors (Lipinski definition) is 3. The zero-order valence-corrected chi connectivity index (χ0v) is 11.3. The predicted octanol–water partition coefficient (Wildman–Crippen LogP) is 2.44. The summed E-state index contributed by atoms with van der Waals surface area (Å²) in [5.41, 5.74) is 3.85. The van der Waals surface area contributed by atoms with E-state index in [1.807, 2.05) is 38.1 Å². The quantitative estimate of drug-likeness (QED) is 0.748. The van der Waals surface area contributed by atoms with Crippen LogP contribution in [0, 0.1) is 13.8 Å². The van der Waals surface area contributed by atoms with Crippen molar-refractivity contribution in [1.82, 2.24) is 20.2 Å². The Morgan fingerprint density at radius 3 is 2.45 bits per heavy atom. The number of hydrogen-bond donors (Lipinski definition) is 2. The van der Waals surface area contributed by atoms with Gasteiger partial charge in [-0.15, -0.1) is 0 Å². The summed E-state index contributed by atoms with van der Waals surface area (Å²) in [6.07, 6.45) is 1.68. The third kappa shape index (κ3) is 2.14. The van der Waals surface area contributed by atoms with Crippen LogP contribution in [0.25, 0.3) is 22.5 Å². The van der Waals surface area contributed by atoms with Gasteiger partial charge in [-0.1, -0.05) is 29.8 Å². The normalized spacial score (nSPS) is 10.7. The number of nitrogens with zero attached hydrogens (tertiary/aromatic N) is 2. The van der Waals surface area contributed by atoms with Crippen molar-refractivity contribution in [2.24, 2.45) is 0 Å². The van der Waals surface area contributed by atoms with Crippen LogP contribution in [0.4, 0.5) is 0 Å². The number of aromatic nitrogens is 4. The van der Waals surface area contributed by atoms with Gasteiger partial charge in [-0.25, -0.2) is 9.97 Å². The highest BCUT2D eigenvalue weighted by Gasteiger charge is 2.15. The predicted molar refractivity (Wildman–Crippen MR) is 77.3 cm³/mol. The Kier molecular flexibility index (Phi) is 2.95. The van der Waals surface area contributed by atoms with Gasteiger partial charge in [0.1, 0.15) is 5.82 Å². The van der Waals surface area contributed by atoms with Gasteiger partial charge in [0.25, 0.3) is 5.56 Å². The first-order valence-electron chi connectivity index (χ1n) is 6.33. The lowest BCUT2D eigenvalue weighted by molar-refractivity contribution is 1.02. The first kappa shape index (κ1) is 12.3. The smallest absolute Gasteiger partial charge is 0.272 e. The Balaban J connectivity index is 2.20. The Labute approximate surface area is 115 Å². The van der Waals surface area contributed by atoms with Gasteiger partial charge < -0.3 is 0 Å². The van der Waals surface area contributed by atoms with E-state index in [4.69, 9.17) is 0 Å². The molecule has 0 saturated carbocycles. The molecule has 0 bridgehead atoms. The lowest BCUT2D eigenvalue weighted by Gasteiger charge is -2.03. The fraction of sp³-hybridized carbons (Fsp3) is 0.133. The summed E-state index contributed by atoms with van der Waals surface area (Å²) in [6, 6.07) is 9.62. The summed E-state index contributed by atoms with van der Waals surface area (Å²) in [6.45, 7) is 3.83. The molecule has 3 rings (SSSR count). The molecule has 2 heterocycles. The third-order valence-corrected chi connectivity index (χ3v) is 3.15. The van der Waals surface area contributed by atoms with Gasteiger partial charge in [0.15, 0.2) is 0 Å². The summed E-state index contributed by atoms with van der Waals surface area (Å²) >= 11 is 0. The van der Waals surface area contributed by atoms with Crippen LogP contribution in [0.5, 0.6) is 0 Å². The van der Waals surface area contributed by atoms with Crippen molar-refractivity contribution in [3.8, 4) is 22.5 Å². The van der Waals surface area contributed by atoms with E-state index in [0.29, 0.717) is 22.8 Å². The second-order valence-electron chi connectivity index (χ2n) is 4.68. The molecule has 0 aliphatic heterocycles. The maximum atomic E-state index is 12.1. The highest BCUT2D eigenvalue weighted by atomic mass is 16.1. The molecular weight excluding hydrogens is 252 g/mol. The minimum Gasteiger partial charge on any atom is -0.295 e. The number of nitrogens with one attached hydrogen (secondary N) is 2. The first-order chi connectivity index (χ1) is 9.65. The molecule has 5 nitrogen and oxygen atoms in total. The fourth-order valence-corrected chi connectivity index (χ4v) is 2.14. The van der Waals surface area contributed by atoms with E-state index in [1.54, 1.807) is 12.3 Å². The molecular formula is C15H14N4O. The number of rotatable bonds is 2. The van der Waals surface area contributed by atoms with Crippen LogP contribution in [-0.4, -0.2) is 20.2 Å². The number of benzene rings is 1. The molecule has 3 aromatic rings. The average Bonchev–Trinajstić information content (AvgIpc) is 2.82. The van der Waals surface area contributed by atoms with Crippen molar-refractivity contribution in [2.75, 3.05) is 0 Å². The second-order valence-corrected chi connectivity index (χ2v) is 4.68. The van der Waals surface area contributed by atoms with Gasteiger partial charge in [-0.3, -0.25) is 15.0 Å². The highest BCUT2D eigenvalue weighted by Crippen LogP contribution is 2.26. The average molecular weight is 266 g/mol. The van der Waals surface area contributed by atoms with Crippen LogP contribution in [0.3, 0.4) is 0 Å². The van der Waals surface area contributed by atoms with E-state index in [-0.39, 0.29) is 5.56 Å². The summed E-state index contributed by atoms with van der Waals surface area (Å²) < 4.78 is 0. The van der Waals surface area contributed by atoms with Gasteiger partial charge in [-0.2, -0.15) is 0 Å². The lowest BCUT2D eigenvalue weighted by Crippen LogP contribution is -2.02. The monoisotopic (exact) mass is 266 g/mol. The van der Waals surface area contributed by atoms with Crippen molar-refractivity contribution < 1.29 is 0 Å². The molecule has 1 aromatic carbocycles. The van der Waals surface area contributed by atoms with Crippen LogP contribution >= 0.6 is 0 Å². The molecule has 0 fully saturated rings. The van der Waals surface area contributed by atoms with Gasteiger partial charge in [-0.05, 0) is 25.5 Å². The van der Waals surface area contributed by atoms with Crippen molar-refractivity contribution in [2.45, 2.75) is 13.8 Å². The van der Waals surface area contributed by atoms with E-state index >= 15 is 0 Å². The molecule has 0 aliphatic carbocycles. The largest absolute Gasteiger partial charge is 0.295 e. The van der Waals surface area contributed by atoms with Gasteiger partial charge >= 0.3 is 0 Å². The van der Waals surface area contributed by atoms with Crippen molar-refractivity contribution in [1.29, 1.82) is 0 Å². The zero-order chi connectivity index (χ0) is 14.1. The first-order valence-corrected chi connectivity index (χ1v) is 6.33. The standard InChI is InChI=1S/C15H14N4O/c1-9-3-5-11(6-4-9)13-14(18-19-15(13)20)12-7-8-16-10(2)17-12/h3-8H,1-2H3,(H2,18,19,20). The molecule has 0 aliphatic rings. The van der Waals surface area contributed by atoms with Crippen LogP contribution in [-0.2, 0) is 0 Å². The molecule has 0 spiro atoms. The summed E-state index contributed by atoms with van der Waals surface area (Å²) in [4.78, 5) is 20.5. The van der Waals surface area contributed by atoms with Crippen molar-refractivity contribution in [3.63, 3.8) is 0 Å². The van der Waals surface area contributed by atoms with E-state index in [2.05, 4.69) is 20.2 Å². The summed E-state index contributed by atoms with van der Waals surface area (Å²) in [5, 5.41) is 5.53. The molecule has 0 atom stereocenters. The van der Waals surface area contributed by atoms with E-state index in [9.17, 15) is 4.79 Å². The molecule has 0 unspecified atom stereocenters. The number of aryl methyl sites for hydroxylation is 2. The molecule has 0 radical (unpaired) electrons. The van der Waals surface area contributed by atoms with Gasteiger partial charge in [0, 0.05) is 6.20 Å². The number of H-pyrrole nitrogens is 2. The molecule has 0 amide bonds. The zero-order valence-electron chi connectivity index (χ0n) is 11.3. The topological polar surface area (TPSA) is 74.4 Å². The van der Waals surface area contributed by atoms with E-state index in [1.165, 1.54) is 0 Å². The molecule has 2 aromatic heterocycles. The lowest BCUT2D eigenvalue weighted by atomic mass is 10.0. The number of aromatic amines is 2. The van der Waals surface area contributed by atoms with Gasteiger partial charge in [0.2, 0.25) is 0 Å². The highest BCUT2D eigenvalue weighted by molar-refractivity contribution is 5.78. The molecule has 0 saturated heterocycles.